The molecule has 0 radical (unpaired) electrons. The summed E-state index contributed by atoms with van der Waals surface area (Å²) in [5.74, 6) is -2.16. The first kappa shape index (κ1) is 17.2. The van der Waals surface area contributed by atoms with Crippen molar-refractivity contribution in [1.82, 2.24) is 9.97 Å². The van der Waals surface area contributed by atoms with E-state index in [4.69, 9.17) is 4.74 Å². The lowest BCUT2D eigenvalue weighted by molar-refractivity contribution is 0.0132. The molecule has 0 N–H and O–H groups in total. The fourth-order valence-corrected chi connectivity index (χ4v) is 2.98. The molecule has 0 bridgehead atoms. The van der Waals surface area contributed by atoms with Crippen molar-refractivity contribution in [2.75, 3.05) is 0 Å². The van der Waals surface area contributed by atoms with Gasteiger partial charge in [0.15, 0.2) is 5.78 Å². The zero-order chi connectivity index (χ0) is 17.9. The maximum Gasteiger partial charge on any atom is 0.287 e. The second-order valence-corrected chi connectivity index (χ2v) is 6.38. The summed E-state index contributed by atoms with van der Waals surface area (Å²) in [7, 11) is 0. The molecule has 2 aromatic heterocycles. The molecule has 0 saturated heterocycles. The number of carbonyl (C=O) groups excluding carboxylic acids is 1. The largest absolute Gasteiger partial charge is 0.456 e. The third kappa shape index (κ3) is 4.45. The first-order chi connectivity index (χ1) is 11.9. The van der Waals surface area contributed by atoms with Crippen LogP contribution in [0.15, 0.2) is 54.2 Å². The van der Waals surface area contributed by atoms with Crippen LogP contribution in [0.5, 0.6) is 11.5 Å². The van der Waals surface area contributed by atoms with Crippen LogP contribution in [0.1, 0.15) is 28.0 Å². The first-order valence-electron chi connectivity index (χ1n) is 7.45. The van der Waals surface area contributed by atoms with Gasteiger partial charge in [-0.25, -0.2) is 4.98 Å². The number of hydrogen-bond acceptors (Lipinski definition) is 5. The van der Waals surface area contributed by atoms with Gasteiger partial charge in [-0.3, -0.25) is 9.78 Å². The van der Waals surface area contributed by atoms with Gasteiger partial charge in [0.1, 0.15) is 22.2 Å². The predicted octanol–water partition coefficient (Wildman–Crippen LogP) is 4.87. The lowest BCUT2D eigenvalue weighted by Gasteiger charge is -2.07. The normalized spacial score (nSPS) is 11.3. The molecule has 2 heterocycles. The summed E-state index contributed by atoms with van der Waals surface area (Å²) in [6.07, 6.45) is 3.17. The van der Waals surface area contributed by atoms with E-state index in [2.05, 4.69) is 9.97 Å². The summed E-state index contributed by atoms with van der Waals surface area (Å²) in [5.41, 5.74) is 0.121. The summed E-state index contributed by atoms with van der Waals surface area (Å²) >= 11 is 1.05. The van der Waals surface area contributed by atoms with Gasteiger partial charge in [-0.05, 0) is 24.3 Å². The van der Waals surface area contributed by atoms with Gasteiger partial charge >= 0.3 is 0 Å². The number of ether oxygens (including phenoxy) is 1. The highest BCUT2D eigenvalue weighted by Gasteiger charge is 2.27. The molecule has 0 atom stereocenters. The van der Waals surface area contributed by atoms with Crippen LogP contribution in [0.25, 0.3) is 0 Å². The standard InChI is InChI=1S/C18H14F2N2O2S/c1-18(19,20)16-11-25-17(22-16)9-15(23)12-4-2-5-13(8-12)24-14-6-3-7-21-10-14/h2-8,10-11H,9H2,1H3. The number of ketones is 1. The van der Waals surface area contributed by atoms with Crippen molar-refractivity contribution in [1.29, 1.82) is 0 Å². The van der Waals surface area contributed by atoms with E-state index in [1.54, 1.807) is 48.8 Å². The van der Waals surface area contributed by atoms with Crippen LogP contribution in [0.3, 0.4) is 0 Å². The summed E-state index contributed by atoms with van der Waals surface area (Å²) in [4.78, 5) is 20.2. The molecule has 0 aliphatic rings. The first-order valence-corrected chi connectivity index (χ1v) is 8.33. The van der Waals surface area contributed by atoms with Crippen molar-refractivity contribution >= 4 is 17.1 Å². The fourth-order valence-electron chi connectivity index (χ4n) is 2.11. The molecule has 128 valence electrons. The van der Waals surface area contributed by atoms with Gasteiger partial charge in [-0.2, -0.15) is 8.78 Å². The number of Topliss-reactive ketones (excluding diaryl/α,β-unsaturated/α-hetero) is 1. The second kappa shape index (κ2) is 7.06. The Morgan fingerprint density at radius 2 is 2.04 bits per heavy atom. The van der Waals surface area contributed by atoms with Crippen molar-refractivity contribution in [2.24, 2.45) is 0 Å². The van der Waals surface area contributed by atoms with Crippen molar-refractivity contribution in [3.05, 3.63) is 70.4 Å². The molecule has 1 aromatic carbocycles. The highest BCUT2D eigenvalue weighted by molar-refractivity contribution is 7.09. The van der Waals surface area contributed by atoms with Gasteiger partial charge < -0.3 is 4.74 Å². The van der Waals surface area contributed by atoms with Gasteiger partial charge in [0.2, 0.25) is 0 Å². The van der Waals surface area contributed by atoms with Crippen LogP contribution < -0.4 is 4.74 Å². The molecule has 0 unspecified atom stereocenters. The molecule has 3 aromatic rings. The summed E-state index contributed by atoms with van der Waals surface area (Å²) in [5, 5.41) is 1.64. The van der Waals surface area contributed by atoms with E-state index < -0.39 is 5.92 Å². The molecule has 0 saturated carbocycles. The molecule has 0 aliphatic carbocycles. The Morgan fingerprint density at radius 1 is 1.24 bits per heavy atom. The molecule has 0 aliphatic heterocycles. The molecule has 25 heavy (non-hydrogen) atoms. The molecule has 0 spiro atoms. The van der Waals surface area contributed by atoms with E-state index in [0.717, 1.165) is 18.3 Å². The van der Waals surface area contributed by atoms with E-state index in [-0.39, 0.29) is 17.9 Å². The zero-order valence-corrected chi connectivity index (χ0v) is 14.1. The minimum absolute atomic E-state index is 0.0307. The van der Waals surface area contributed by atoms with Gasteiger partial charge in [-0.1, -0.05) is 12.1 Å². The van der Waals surface area contributed by atoms with Crippen LogP contribution in [-0.2, 0) is 12.3 Å². The van der Waals surface area contributed by atoms with Crippen LogP contribution in [0.2, 0.25) is 0 Å². The summed E-state index contributed by atoms with van der Waals surface area (Å²) < 4.78 is 32.1. The van der Waals surface area contributed by atoms with Crippen LogP contribution in [0.4, 0.5) is 8.78 Å². The highest BCUT2D eigenvalue weighted by atomic mass is 32.1. The minimum Gasteiger partial charge on any atom is -0.456 e. The quantitative estimate of drug-likeness (QED) is 0.589. The molecule has 0 fully saturated rings. The average Bonchev–Trinajstić information content (AvgIpc) is 3.05. The Balaban J connectivity index is 1.72. The third-order valence-electron chi connectivity index (χ3n) is 3.34. The number of pyridine rings is 1. The molecule has 4 nitrogen and oxygen atoms in total. The Hall–Kier alpha value is -2.67. The Morgan fingerprint density at radius 3 is 2.72 bits per heavy atom. The number of alkyl halides is 2. The number of benzene rings is 1. The maximum absolute atomic E-state index is 13.2. The number of nitrogens with zero attached hydrogens (tertiary/aromatic N) is 2. The fraction of sp³-hybridized carbons (Fsp3) is 0.167. The van der Waals surface area contributed by atoms with Crippen molar-refractivity contribution < 1.29 is 18.3 Å². The Labute approximate surface area is 147 Å². The van der Waals surface area contributed by atoms with Crippen LogP contribution in [-0.4, -0.2) is 15.8 Å². The summed E-state index contributed by atoms with van der Waals surface area (Å²) in [6, 6.07) is 10.2. The predicted molar refractivity (Wildman–Crippen MR) is 90.5 cm³/mol. The Kier molecular flexibility index (Phi) is 4.85. The maximum atomic E-state index is 13.2. The van der Waals surface area contributed by atoms with E-state index >= 15 is 0 Å². The van der Waals surface area contributed by atoms with E-state index in [1.165, 1.54) is 5.38 Å². The van der Waals surface area contributed by atoms with Crippen molar-refractivity contribution in [2.45, 2.75) is 19.3 Å². The minimum atomic E-state index is -3.00. The molecule has 7 heteroatoms. The number of aromatic nitrogens is 2. The topological polar surface area (TPSA) is 52.1 Å². The number of halogens is 2. The van der Waals surface area contributed by atoms with E-state index in [9.17, 15) is 13.6 Å². The lowest BCUT2D eigenvalue weighted by atomic mass is 10.1. The number of rotatable bonds is 6. The summed E-state index contributed by atoms with van der Waals surface area (Å²) in [6.45, 7) is 0.785. The van der Waals surface area contributed by atoms with Gasteiger partial charge in [0.05, 0.1) is 12.6 Å². The lowest BCUT2D eigenvalue weighted by Crippen LogP contribution is -2.08. The monoisotopic (exact) mass is 360 g/mol. The average molecular weight is 360 g/mol. The van der Waals surface area contributed by atoms with Crippen molar-refractivity contribution in [3.63, 3.8) is 0 Å². The zero-order valence-electron chi connectivity index (χ0n) is 13.3. The molecule has 0 amide bonds. The Bertz CT molecular complexity index is 876. The third-order valence-corrected chi connectivity index (χ3v) is 4.19. The van der Waals surface area contributed by atoms with Gasteiger partial charge in [0.25, 0.3) is 5.92 Å². The highest BCUT2D eigenvalue weighted by Crippen LogP contribution is 2.28. The smallest absolute Gasteiger partial charge is 0.287 e. The van der Waals surface area contributed by atoms with Gasteiger partial charge in [-0.15, -0.1) is 11.3 Å². The number of thiazole rings is 1. The van der Waals surface area contributed by atoms with E-state index in [1.807, 2.05) is 0 Å². The molecular weight excluding hydrogens is 346 g/mol. The number of carbonyl (C=O) groups is 1. The van der Waals surface area contributed by atoms with Crippen LogP contribution in [0, 0.1) is 0 Å². The van der Waals surface area contributed by atoms with Crippen LogP contribution >= 0.6 is 11.3 Å². The van der Waals surface area contributed by atoms with E-state index in [0.29, 0.717) is 22.1 Å². The second-order valence-electron chi connectivity index (χ2n) is 5.43. The molecular formula is C18H14F2N2O2S. The van der Waals surface area contributed by atoms with Gasteiger partial charge in [0, 0.05) is 24.1 Å². The van der Waals surface area contributed by atoms with Crippen molar-refractivity contribution in [3.8, 4) is 11.5 Å². The SMILES string of the molecule is CC(F)(F)c1csc(CC(=O)c2cccc(Oc3cccnc3)c2)n1. The molecule has 3 rings (SSSR count). The number of hydrogen-bond donors (Lipinski definition) is 0.